The Morgan fingerprint density at radius 3 is 2.70 bits per heavy atom. The van der Waals surface area contributed by atoms with Gasteiger partial charge in [-0.15, -0.1) is 0 Å². The van der Waals surface area contributed by atoms with Crippen molar-refractivity contribution in [2.24, 2.45) is 4.99 Å². The van der Waals surface area contributed by atoms with Crippen LogP contribution < -0.4 is 0 Å². The Morgan fingerprint density at radius 2 is 1.97 bits per heavy atom. The number of pyridine rings is 1. The highest BCUT2D eigenvalue weighted by Gasteiger charge is 2.25. The summed E-state index contributed by atoms with van der Waals surface area (Å²) >= 11 is 0. The molecule has 0 fully saturated rings. The lowest BCUT2D eigenvalue weighted by atomic mass is 9.95. The number of allylic oxidation sites excluding steroid dienone is 1. The van der Waals surface area contributed by atoms with Crippen molar-refractivity contribution in [1.82, 2.24) is 9.97 Å². The van der Waals surface area contributed by atoms with Crippen LogP contribution in [-0.4, -0.2) is 42.2 Å². The molecule has 7 heteroatoms. The van der Waals surface area contributed by atoms with Gasteiger partial charge >= 0.3 is 0 Å². The van der Waals surface area contributed by atoms with Gasteiger partial charge in [0.25, 0.3) is 0 Å². The quantitative estimate of drug-likeness (QED) is 0.675. The van der Waals surface area contributed by atoms with Crippen LogP contribution in [0.1, 0.15) is 38.3 Å². The van der Waals surface area contributed by atoms with E-state index in [2.05, 4.69) is 9.97 Å². The summed E-state index contributed by atoms with van der Waals surface area (Å²) in [5, 5.41) is 1.03. The van der Waals surface area contributed by atoms with E-state index >= 15 is 0 Å². The van der Waals surface area contributed by atoms with E-state index in [0.717, 1.165) is 27.7 Å². The van der Waals surface area contributed by atoms with Crippen LogP contribution in [0, 0.1) is 0 Å². The van der Waals surface area contributed by atoms with Gasteiger partial charge < -0.3 is 9.72 Å². The third-order valence-electron chi connectivity index (χ3n) is 4.83. The maximum atomic E-state index is 12.0. The fourth-order valence-corrected chi connectivity index (χ4v) is 4.25. The van der Waals surface area contributed by atoms with E-state index in [4.69, 9.17) is 9.73 Å². The molecule has 1 unspecified atom stereocenters. The molecular formula is C23H25N3O3S. The number of nitrogens with one attached hydrogen (secondary N) is 1. The molecule has 1 aromatic carbocycles. The molecule has 4 rings (SSSR count). The van der Waals surface area contributed by atoms with Gasteiger partial charge in [0.2, 0.25) is 0 Å². The zero-order chi connectivity index (χ0) is 21.5. The monoisotopic (exact) mass is 423 g/mol. The summed E-state index contributed by atoms with van der Waals surface area (Å²) in [4.78, 5) is 12.7. The van der Waals surface area contributed by atoms with E-state index in [0.29, 0.717) is 12.1 Å². The van der Waals surface area contributed by atoms with Crippen molar-refractivity contribution in [3.8, 4) is 0 Å². The van der Waals surface area contributed by atoms with E-state index in [1.165, 1.54) is 6.26 Å². The Labute approximate surface area is 176 Å². The summed E-state index contributed by atoms with van der Waals surface area (Å²) in [7, 11) is -3.31. The molecule has 0 radical (unpaired) electrons. The Kier molecular flexibility index (Phi) is 5.11. The average molecular weight is 424 g/mol. The van der Waals surface area contributed by atoms with Gasteiger partial charge in [-0.2, -0.15) is 0 Å². The predicted molar refractivity (Wildman–Crippen MR) is 119 cm³/mol. The SMILES string of the molecule is CC(C)(C)OC1CC(c2c[nH]c3ncccc23)=CC(c2cccc(S(C)(=O)=O)c2)=N1. The molecule has 0 amide bonds. The Bertz CT molecular complexity index is 1260. The van der Waals surface area contributed by atoms with Crippen LogP contribution in [0.4, 0.5) is 0 Å². The topological polar surface area (TPSA) is 84.4 Å². The Hall–Kier alpha value is -2.77. The van der Waals surface area contributed by atoms with Gasteiger partial charge in [0.05, 0.1) is 16.2 Å². The molecule has 1 aliphatic rings. The molecule has 30 heavy (non-hydrogen) atoms. The minimum Gasteiger partial charge on any atom is -0.351 e. The molecule has 0 saturated carbocycles. The molecule has 156 valence electrons. The zero-order valence-electron chi connectivity index (χ0n) is 17.5. The van der Waals surface area contributed by atoms with Crippen molar-refractivity contribution in [3.63, 3.8) is 0 Å². The number of fused-ring (bicyclic) bond motifs is 1. The smallest absolute Gasteiger partial charge is 0.175 e. The molecule has 1 atom stereocenters. The normalized spacial score (nSPS) is 17.7. The number of dihydropyridines is 1. The summed E-state index contributed by atoms with van der Waals surface area (Å²) in [6.07, 6.45) is 7.18. The van der Waals surface area contributed by atoms with Crippen molar-refractivity contribution in [3.05, 3.63) is 66.0 Å². The number of hydrogen-bond donors (Lipinski definition) is 1. The molecule has 1 aliphatic heterocycles. The van der Waals surface area contributed by atoms with Gasteiger partial charge in [0, 0.05) is 41.6 Å². The largest absolute Gasteiger partial charge is 0.351 e. The van der Waals surface area contributed by atoms with Gasteiger partial charge in [-0.1, -0.05) is 12.1 Å². The maximum Gasteiger partial charge on any atom is 0.175 e. The van der Waals surface area contributed by atoms with Crippen molar-refractivity contribution in [2.45, 2.75) is 43.9 Å². The summed E-state index contributed by atoms with van der Waals surface area (Å²) in [5.41, 5.74) is 4.03. The first kappa shape index (κ1) is 20.5. The van der Waals surface area contributed by atoms with Crippen LogP contribution >= 0.6 is 0 Å². The molecule has 0 saturated heterocycles. The van der Waals surface area contributed by atoms with Crippen molar-refractivity contribution in [1.29, 1.82) is 0 Å². The summed E-state index contributed by atoms with van der Waals surface area (Å²) < 4.78 is 30.2. The van der Waals surface area contributed by atoms with E-state index in [9.17, 15) is 8.42 Å². The third kappa shape index (κ3) is 4.37. The number of aliphatic imine (C=N–C) groups is 1. The van der Waals surface area contributed by atoms with Crippen LogP contribution in [-0.2, 0) is 14.6 Å². The lowest BCUT2D eigenvalue weighted by molar-refractivity contribution is -0.0530. The minimum atomic E-state index is -3.31. The average Bonchev–Trinajstić information content (AvgIpc) is 3.10. The first-order valence-electron chi connectivity index (χ1n) is 9.79. The molecule has 3 heterocycles. The maximum absolute atomic E-state index is 12.0. The Morgan fingerprint density at radius 1 is 1.17 bits per heavy atom. The number of H-pyrrole nitrogens is 1. The second-order valence-corrected chi connectivity index (χ2v) is 10.5. The number of aromatic amines is 1. The molecule has 0 aliphatic carbocycles. The van der Waals surface area contributed by atoms with E-state index in [1.807, 2.05) is 51.2 Å². The second-order valence-electron chi connectivity index (χ2n) is 8.47. The highest BCUT2D eigenvalue weighted by Crippen LogP contribution is 2.33. The summed E-state index contributed by atoms with van der Waals surface area (Å²) in [5.74, 6) is 0. The van der Waals surface area contributed by atoms with Gasteiger partial charge in [0.1, 0.15) is 5.65 Å². The first-order valence-corrected chi connectivity index (χ1v) is 11.7. The molecule has 0 bridgehead atoms. The van der Waals surface area contributed by atoms with Gasteiger partial charge in [-0.05, 0) is 56.7 Å². The van der Waals surface area contributed by atoms with Gasteiger partial charge in [0.15, 0.2) is 16.1 Å². The number of benzene rings is 1. The summed E-state index contributed by atoms with van der Waals surface area (Å²) in [6.45, 7) is 6.00. The Balaban J connectivity index is 1.82. The number of nitrogens with zero attached hydrogens (tertiary/aromatic N) is 2. The van der Waals surface area contributed by atoms with Crippen LogP contribution in [0.5, 0.6) is 0 Å². The van der Waals surface area contributed by atoms with Crippen LogP contribution in [0.2, 0.25) is 0 Å². The van der Waals surface area contributed by atoms with Crippen LogP contribution in [0.25, 0.3) is 16.6 Å². The molecule has 2 aromatic heterocycles. The highest BCUT2D eigenvalue weighted by atomic mass is 32.2. The van der Waals surface area contributed by atoms with Gasteiger partial charge in [-0.25, -0.2) is 13.4 Å². The molecular weight excluding hydrogens is 398 g/mol. The van der Waals surface area contributed by atoms with E-state index in [-0.39, 0.29) is 16.7 Å². The molecule has 0 spiro atoms. The summed E-state index contributed by atoms with van der Waals surface area (Å²) in [6, 6.07) is 10.8. The second kappa shape index (κ2) is 7.49. The number of rotatable bonds is 4. The number of hydrogen-bond acceptors (Lipinski definition) is 5. The third-order valence-corrected chi connectivity index (χ3v) is 5.94. The van der Waals surface area contributed by atoms with Gasteiger partial charge in [-0.3, -0.25) is 4.99 Å². The van der Waals surface area contributed by atoms with Crippen molar-refractivity contribution < 1.29 is 13.2 Å². The molecule has 6 nitrogen and oxygen atoms in total. The highest BCUT2D eigenvalue weighted by molar-refractivity contribution is 7.90. The van der Waals surface area contributed by atoms with E-state index < -0.39 is 9.84 Å². The fraction of sp³-hybridized carbons (Fsp3) is 0.304. The molecule has 1 N–H and O–H groups in total. The van der Waals surface area contributed by atoms with Crippen molar-refractivity contribution in [2.75, 3.05) is 6.26 Å². The minimum absolute atomic E-state index is 0.271. The standard InChI is InChI=1S/C23H25N3O3S/c1-23(2,3)29-21-13-16(19-14-25-22-18(19)9-6-10-24-22)12-20(26-21)15-7-5-8-17(11-15)30(4,27)28/h5-12,14,21H,13H2,1-4H3,(H,24,25). The lowest BCUT2D eigenvalue weighted by Gasteiger charge is -2.28. The zero-order valence-corrected chi connectivity index (χ0v) is 18.3. The first-order chi connectivity index (χ1) is 14.1. The number of aromatic nitrogens is 2. The van der Waals surface area contributed by atoms with Crippen molar-refractivity contribution >= 4 is 32.2 Å². The number of ether oxygens (including phenoxy) is 1. The van der Waals surface area contributed by atoms with Crippen LogP contribution in [0.15, 0.2) is 64.8 Å². The van der Waals surface area contributed by atoms with Crippen LogP contribution in [0.3, 0.4) is 0 Å². The fourth-order valence-electron chi connectivity index (χ4n) is 3.58. The molecule has 3 aromatic rings. The predicted octanol–water partition coefficient (Wildman–Crippen LogP) is 4.38. The lowest BCUT2D eigenvalue weighted by Crippen LogP contribution is -2.29. The number of sulfone groups is 1. The van der Waals surface area contributed by atoms with E-state index in [1.54, 1.807) is 24.4 Å².